The Balaban J connectivity index is 1.62. The van der Waals surface area contributed by atoms with E-state index in [-0.39, 0.29) is 23.8 Å². The zero-order chi connectivity index (χ0) is 18.4. The van der Waals surface area contributed by atoms with Gasteiger partial charge in [-0.15, -0.1) is 0 Å². The number of likely N-dealkylation sites (tertiary alicyclic amines) is 2. The van der Waals surface area contributed by atoms with Gasteiger partial charge in [0, 0.05) is 44.6 Å². The van der Waals surface area contributed by atoms with Crippen molar-refractivity contribution in [1.82, 2.24) is 9.80 Å². The third-order valence-electron chi connectivity index (χ3n) is 5.55. The fourth-order valence-corrected chi connectivity index (χ4v) is 4.20. The molecule has 2 heterocycles. The first-order valence-electron chi connectivity index (χ1n) is 9.79. The summed E-state index contributed by atoms with van der Waals surface area (Å²) in [7, 11) is 0. The third kappa shape index (κ3) is 4.64. The summed E-state index contributed by atoms with van der Waals surface area (Å²) >= 11 is 0. The van der Waals surface area contributed by atoms with Crippen molar-refractivity contribution in [2.45, 2.75) is 45.6 Å². The summed E-state index contributed by atoms with van der Waals surface area (Å²) in [4.78, 5) is 28.8. The maximum absolute atomic E-state index is 12.5. The molecule has 1 unspecified atom stereocenters. The second-order valence-electron chi connectivity index (χ2n) is 7.71. The van der Waals surface area contributed by atoms with Crippen LogP contribution >= 0.6 is 0 Å². The monoisotopic (exact) mass is 358 g/mol. The van der Waals surface area contributed by atoms with Crippen LogP contribution < -0.4 is 0 Å². The number of carbonyl (C=O) groups excluding carboxylic acids is 2. The zero-order valence-corrected chi connectivity index (χ0v) is 15.8. The second kappa shape index (κ2) is 8.67. The van der Waals surface area contributed by atoms with E-state index in [0.717, 1.165) is 50.9 Å². The highest BCUT2D eigenvalue weighted by Crippen LogP contribution is 2.39. The van der Waals surface area contributed by atoms with E-state index in [4.69, 9.17) is 4.74 Å². The lowest BCUT2D eigenvalue weighted by atomic mass is 9.73. The number of rotatable bonds is 6. The molecular formula is C21H30N2O3. The molecule has 1 atom stereocenters. The van der Waals surface area contributed by atoms with Gasteiger partial charge in [0.2, 0.25) is 11.8 Å². The molecule has 0 bridgehead atoms. The average Bonchev–Trinajstić information content (AvgIpc) is 2.66. The number of hydrogen-bond acceptors (Lipinski definition) is 3. The Kier molecular flexibility index (Phi) is 6.30. The van der Waals surface area contributed by atoms with Gasteiger partial charge in [-0.05, 0) is 31.2 Å². The SMILES string of the molecule is CCCOCC(=O)N1CCCC2(CCC(=O)N(Cc3ccccc3)C2)C1. The summed E-state index contributed by atoms with van der Waals surface area (Å²) in [6.45, 7) is 5.82. The van der Waals surface area contributed by atoms with Gasteiger partial charge in [-0.3, -0.25) is 9.59 Å². The van der Waals surface area contributed by atoms with E-state index in [0.29, 0.717) is 19.6 Å². The summed E-state index contributed by atoms with van der Waals surface area (Å²) in [5, 5.41) is 0. The second-order valence-corrected chi connectivity index (χ2v) is 7.71. The van der Waals surface area contributed by atoms with Gasteiger partial charge in [-0.25, -0.2) is 0 Å². The van der Waals surface area contributed by atoms with E-state index >= 15 is 0 Å². The van der Waals surface area contributed by atoms with Crippen LogP contribution in [0.15, 0.2) is 30.3 Å². The van der Waals surface area contributed by atoms with Crippen LogP contribution in [0.2, 0.25) is 0 Å². The number of amides is 2. The van der Waals surface area contributed by atoms with Crippen LogP contribution in [0, 0.1) is 5.41 Å². The van der Waals surface area contributed by atoms with E-state index in [2.05, 4.69) is 12.1 Å². The van der Waals surface area contributed by atoms with Crippen molar-refractivity contribution in [2.75, 3.05) is 32.8 Å². The van der Waals surface area contributed by atoms with Gasteiger partial charge in [0.1, 0.15) is 6.61 Å². The molecule has 3 rings (SSSR count). The lowest BCUT2D eigenvalue weighted by molar-refractivity contribution is -0.145. The molecule has 2 amide bonds. The third-order valence-corrected chi connectivity index (χ3v) is 5.55. The number of carbonyl (C=O) groups is 2. The molecule has 5 nitrogen and oxygen atoms in total. The van der Waals surface area contributed by atoms with E-state index in [1.807, 2.05) is 34.9 Å². The molecule has 0 radical (unpaired) electrons. The zero-order valence-electron chi connectivity index (χ0n) is 15.8. The van der Waals surface area contributed by atoms with Crippen LogP contribution in [0.5, 0.6) is 0 Å². The molecule has 0 aliphatic carbocycles. The van der Waals surface area contributed by atoms with Gasteiger partial charge in [0.05, 0.1) is 0 Å². The normalized spacial score (nSPS) is 23.5. The first-order valence-corrected chi connectivity index (χ1v) is 9.79. The quantitative estimate of drug-likeness (QED) is 0.735. The van der Waals surface area contributed by atoms with Crippen LogP contribution in [0.1, 0.15) is 44.6 Å². The fraction of sp³-hybridized carbons (Fsp3) is 0.619. The van der Waals surface area contributed by atoms with Crippen LogP contribution in [0.4, 0.5) is 0 Å². The highest BCUT2D eigenvalue weighted by atomic mass is 16.5. The molecule has 2 fully saturated rings. The lowest BCUT2D eigenvalue weighted by Crippen LogP contribution is -2.55. The van der Waals surface area contributed by atoms with Gasteiger partial charge < -0.3 is 14.5 Å². The first kappa shape index (κ1) is 18.9. The van der Waals surface area contributed by atoms with Gasteiger partial charge in [-0.1, -0.05) is 37.3 Å². The highest BCUT2D eigenvalue weighted by Gasteiger charge is 2.42. The molecule has 2 saturated heterocycles. The Morgan fingerprint density at radius 3 is 2.77 bits per heavy atom. The minimum atomic E-state index is 0.0430. The molecule has 1 aromatic rings. The molecule has 26 heavy (non-hydrogen) atoms. The maximum atomic E-state index is 12.5. The minimum absolute atomic E-state index is 0.0430. The standard InChI is InChI=1S/C21H30N2O3/c1-2-13-26-15-20(25)22-12-6-10-21(16-22)11-9-19(24)23(17-21)14-18-7-4-3-5-8-18/h3-5,7-8H,2,6,9-17H2,1H3. The minimum Gasteiger partial charge on any atom is -0.372 e. The predicted molar refractivity (Wildman–Crippen MR) is 100 cm³/mol. The Morgan fingerprint density at radius 1 is 1.19 bits per heavy atom. The molecule has 1 spiro atoms. The molecule has 2 aliphatic rings. The van der Waals surface area contributed by atoms with Crippen molar-refractivity contribution in [2.24, 2.45) is 5.41 Å². The topological polar surface area (TPSA) is 49.9 Å². The maximum Gasteiger partial charge on any atom is 0.248 e. The number of benzene rings is 1. The van der Waals surface area contributed by atoms with Crippen molar-refractivity contribution < 1.29 is 14.3 Å². The summed E-state index contributed by atoms with van der Waals surface area (Å²) in [5.41, 5.74) is 1.20. The van der Waals surface area contributed by atoms with Crippen molar-refractivity contribution in [3.63, 3.8) is 0 Å². The van der Waals surface area contributed by atoms with Crippen LogP contribution in [-0.2, 0) is 20.9 Å². The van der Waals surface area contributed by atoms with Gasteiger partial charge in [-0.2, -0.15) is 0 Å². The van der Waals surface area contributed by atoms with E-state index in [1.54, 1.807) is 0 Å². The average molecular weight is 358 g/mol. The van der Waals surface area contributed by atoms with Crippen molar-refractivity contribution in [3.8, 4) is 0 Å². The van der Waals surface area contributed by atoms with Crippen molar-refractivity contribution in [1.29, 1.82) is 0 Å². The van der Waals surface area contributed by atoms with Crippen LogP contribution in [0.3, 0.4) is 0 Å². The van der Waals surface area contributed by atoms with Crippen molar-refractivity contribution in [3.05, 3.63) is 35.9 Å². The van der Waals surface area contributed by atoms with Gasteiger partial charge in [0.25, 0.3) is 0 Å². The Morgan fingerprint density at radius 2 is 2.00 bits per heavy atom. The molecule has 0 aromatic heterocycles. The summed E-state index contributed by atoms with van der Waals surface area (Å²) in [5.74, 6) is 0.318. The first-order chi connectivity index (χ1) is 12.6. The highest BCUT2D eigenvalue weighted by molar-refractivity contribution is 5.78. The molecular weight excluding hydrogens is 328 g/mol. The molecule has 142 valence electrons. The number of ether oxygens (including phenoxy) is 1. The molecule has 0 N–H and O–H groups in total. The van der Waals surface area contributed by atoms with Crippen LogP contribution in [0.25, 0.3) is 0 Å². The van der Waals surface area contributed by atoms with Gasteiger partial charge in [0.15, 0.2) is 0 Å². The van der Waals surface area contributed by atoms with Crippen LogP contribution in [-0.4, -0.2) is 54.5 Å². The Bertz CT molecular complexity index is 619. The van der Waals surface area contributed by atoms with Gasteiger partial charge >= 0.3 is 0 Å². The molecule has 0 saturated carbocycles. The van der Waals surface area contributed by atoms with E-state index < -0.39 is 0 Å². The molecule has 2 aliphatic heterocycles. The smallest absolute Gasteiger partial charge is 0.248 e. The Hall–Kier alpha value is -1.88. The molecule has 1 aromatic carbocycles. The number of nitrogens with zero attached hydrogens (tertiary/aromatic N) is 2. The summed E-state index contributed by atoms with van der Waals surface area (Å²) in [6, 6.07) is 10.1. The van der Waals surface area contributed by atoms with Crippen molar-refractivity contribution >= 4 is 11.8 Å². The fourth-order valence-electron chi connectivity index (χ4n) is 4.20. The number of piperidine rings is 2. The van der Waals surface area contributed by atoms with E-state index in [1.165, 1.54) is 0 Å². The number of hydrogen-bond donors (Lipinski definition) is 0. The Labute approximate surface area is 156 Å². The predicted octanol–water partition coefficient (Wildman–Crippen LogP) is 2.84. The summed E-state index contributed by atoms with van der Waals surface area (Å²) in [6.07, 6.45) is 4.49. The molecule has 5 heteroatoms. The largest absolute Gasteiger partial charge is 0.372 e. The van der Waals surface area contributed by atoms with E-state index in [9.17, 15) is 9.59 Å². The lowest BCUT2D eigenvalue weighted by Gasteiger charge is -2.48. The summed E-state index contributed by atoms with van der Waals surface area (Å²) < 4.78 is 5.44.